The predicted octanol–water partition coefficient (Wildman–Crippen LogP) is 6.41. The van der Waals surface area contributed by atoms with Gasteiger partial charge >= 0.3 is 0 Å². The van der Waals surface area contributed by atoms with Gasteiger partial charge in [0.2, 0.25) is 5.91 Å². The highest BCUT2D eigenvalue weighted by molar-refractivity contribution is 7.80. The average molecular weight is 494 g/mol. The monoisotopic (exact) mass is 493 g/mol. The van der Waals surface area contributed by atoms with Crippen molar-refractivity contribution >= 4 is 52.1 Å². The number of benzene rings is 3. The number of hydrogen-bond acceptors (Lipinski definition) is 3. The molecule has 2 amide bonds. The lowest BCUT2D eigenvalue weighted by atomic mass is 9.96. The minimum atomic E-state index is -0.359. The molecule has 1 atom stereocenters. The molecule has 7 heteroatoms. The van der Waals surface area contributed by atoms with Crippen LogP contribution in [-0.2, 0) is 11.2 Å². The third-order valence-corrected chi connectivity index (χ3v) is 5.66. The normalized spacial score (nSPS) is 11.6. The summed E-state index contributed by atoms with van der Waals surface area (Å²) in [6.07, 6.45) is 1.01. The Balaban J connectivity index is 1.58. The number of rotatable bonds is 7. The van der Waals surface area contributed by atoms with Crippen LogP contribution in [0, 0.1) is 5.92 Å². The van der Waals surface area contributed by atoms with E-state index in [1.54, 1.807) is 48.5 Å². The predicted molar refractivity (Wildman–Crippen MR) is 144 cm³/mol. The molecule has 34 heavy (non-hydrogen) atoms. The summed E-state index contributed by atoms with van der Waals surface area (Å²) in [5.41, 5.74) is 3.81. The Morgan fingerprint density at radius 3 is 2.18 bits per heavy atom. The molecule has 3 rings (SSSR count). The second-order valence-corrected chi connectivity index (χ2v) is 9.39. The van der Waals surface area contributed by atoms with Gasteiger partial charge in [-0.25, -0.2) is 0 Å². The van der Waals surface area contributed by atoms with Crippen LogP contribution in [0.2, 0.25) is 5.02 Å². The van der Waals surface area contributed by atoms with E-state index < -0.39 is 0 Å². The van der Waals surface area contributed by atoms with Crippen molar-refractivity contribution in [1.29, 1.82) is 0 Å². The molecule has 0 radical (unpaired) electrons. The SMILES string of the molecule is CC(C)Cc1ccc(C(C)C(=O)NC(=S)Nc2cccc(C(=O)Nc3cccc(Cl)c3)c2)cc1. The summed E-state index contributed by atoms with van der Waals surface area (Å²) in [6, 6.07) is 21.9. The Morgan fingerprint density at radius 2 is 1.53 bits per heavy atom. The number of nitrogens with one attached hydrogen (secondary N) is 3. The van der Waals surface area contributed by atoms with Crippen LogP contribution in [0.15, 0.2) is 72.8 Å². The maximum absolute atomic E-state index is 12.7. The van der Waals surface area contributed by atoms with Crippen molar-refractivity contribution in [2.24, 2.45) is 5.92 Å². The third-order valence-electron chi connectivity index (χ3n) is 5.22. The minimum Gasteiger partial charge on any atom is -0.332 e. The van der Waals surface area contributed by atoms with Crippen LogP contribution < -0.4 is 16.0 Å². The fraction of sp³-hybridized carbons (Fsp3) is 0.222. The lowest BCUT2D eigenvalue weighted by Crippen LogP contribution is -2.36. The average Bonchev–Trinajstić information content (AvgIpc) is 2.78. The highest BCUT2D eigenvalue weighted by atomic mass is 35.5. The van der Waals surface area contributed by atoms with Gasteiger partial charge < -0.3 is 16.0 Å². The Bertz CT molecular complexity index is 1180. The van der Waals surface area contributed by atoms with E-state index in [1.165, 1.54) is 5.56 Å². The van der Waals surface area contributed by atoms with Crippen LogP contribution in [-0.4, -0.2) is 16.9 Å². The molecule has 0 aliphatic rings. The van der Waals surface area contributed by atoms with Crippen molar-refractivity contribution in [2.45, 2.75) is 33.1 Å². The Kier molecular flexibility index (Phi) is 8.79. The molecule has 176 valence electrons. The fourth-order valence-electron chi connectivity index (χ4n) is 3.46. The number of carbonyl (C=O) groups excluding carboxylic acids is 2. The van der Waals surface area contributed by atoms with Gasteiger partial charge in [0.05, 0.1) is 5.92 Å². The van der Waals surface area contributed by atoms with E-state index in [1.807, 2.05) is 19.1 Å². The molecular weight excluding hydrogens is 466 g/mol. The lowest BCUT2D eigenvalue weighted by molar-refractivity contribution is -0.120. The summed E-state index contributed by atoms with van der Waals surface area (Å²) in [5.74, 6) is -0.265. The zero-order valence-corrected chi connectivity index (χ0v) is 21.0. The van der Waals surface area contributed by atoms with Crippen LogP contribution in [0.4, 0.5) is 11.4 Å². The van der Waals surface area contributed by atoms with Crippen molar-refractivity contribution in [3.05, 3.63) is 94.5 Å². The fourth-order valence-corrected chi connectivity index (χ4v) is 3.86. The molecule has 5 nitrogen and oxygen atoms in total. The van der Waals surface area contributed by atoms with Gasteiger partial charge in [-0.3, -0.25) is 9.59 Å². The number of thiocarbonyl (C=S) groups is 1. The van der Waals surface area contributed by atoms with Gasteiger partial charge in [0, 0.05) is 22.0 Å². The summed E-state index contributed by atoms with van der Waals surface area (Å²) < 4.78 is 0. The second-order valence-electron chi connectivity index (χ2n) is 8.55. The van der Waals surface area contributed by atoms with E-state index in [0.717, 1.165) is 12.0 Å². The summed E-state index contributed by atoms with van der Waals surface area (Å²) in [4.78, 5) is 25.3. The molecule has 1 unspecified atom stereocenters. The second kappa shape index (κ2) is 11.8. The van der Waals surface area contributed by atoms with Crippen molar-refractivity contribution in [3.63, 3.8) is 0 Å². The topological polar surface area (TPSA) is 70.2 Å². The van der Waals surface area contributed by atoms with E-state index in [0.29, 0.717) is 27.9 Å². The standard InChI is InChI=1S/C27H28ClN3O2S/c1-17(2)14-19-10-12-20(13-11-19)18(3)25(32)31-27(34)30-23-8-4-6-21(15-23)26(33)29-24-9-5-7-22(28)16-24/h4-13,15-18H,14H2,1-3H3,(H,29,33)(H2,30,31,32,34). The molecule has 0 spiro atoms. The van der Waals surface area contributed by atoms with E-state index in [9.17, 15) is 9.59 Å². The van der Waals surface area contributed by atoms with E-state index in [-0.39, 0.29) is 22.8 Å². The van der Waals surface area contributed by atoms with Gasteiger partial charge in [-0.15, -0.1) is 0 Å². The molecule has 3 aromatic carbocycles. The van der Waals surface area contributed by atoms with Gasteiger partial charge in [0.15, 0.2) is 5.11 Å². The molecule has 0 aromatic heterocycles. The summed E-state index contributed by atoms with van der Waals surface area (Å²) in [5, 5.41) is 9.22. The summed E-state index contributed by atoms with van der Waals surface area (Å²) in [6.45, 7) is 6.20. The van der Waals surface area contributed by atoms with Crippen molar-refractivity contribution in [2.75, 3.05) is 10.6 Å². The van der Waals surface area contributed by atoms with Crippen LogP contribution in [0.5, 0.6) is 0 Å². The van der Waals surface area contributed by atoms with Crippen LogP contribution in [0.25, 0.3) is 0 Å². The summed E-state index contributed by atoms with van der Waals surface area (Å²) >= 11 is 11.3. The molecule has 3 N–H and O–H groups in total. The highest BCUT2D eigenvalue weighted by Gasteiger charge is 2.17. The third kappa shape index (κ3) is 7.40. The van der Waals surface area contributed by atoms with Gasteiger partial charge in [0.1, 0.15) is 0 Å². The van der Waals surface area contributed by atoms with Gasteiger partial charge in [-0.1, -0.05) is 61.8 Å². The van der Waals surface area contributed by atoms with Gasteiger partial charge in [-0.05, 0) is 79.0 Å². The van der Waals surface area contributed by atoms with Crippen LogP contribution in [0.3, 0.4) is 0 Å². The Hall–Kier alpha value is -3.22. The van der Waals surface area contributed by atoms with Crippen molar-refractivity contribution < 1.29 is 9.59 Å². The largest absolute Gasteiger partial charge is 0.332 e. The van der Waals surface area contributed by atoms with Crippen molar-refractivity contribution in [1.82, 2.24) is 5.32 Å². The maximum atomic E-state index is 12.7. The first-order valence-corrected chi connectivity index (χ1v) is 11.9. The molecule has 0 saturated carbocycles. The molecule has 0 aliphatic heterocycles. The molecular formula is C27H28ClN3O2S. The smallest absolute Gasteiger partial charge is 0.255 e. The first-order valence-electron chi connectivity index (χ1n) is 11.1. The number of amides is 2. The van der Waals surface area contributed by atoms with E-state index in [4.69, 9.17) is 23.8 Å². The van der Waals surface area contributed by atoms with Crippen molar-refractivity contribution in [3.8, 4) is 0 Å². The summed E-state index contributed by atoms with van der Waals surface area (Å²) in [7, 11) is 0. The Labute approximate surface area is 210 Å². The lowest BCUT2D eigenvalue weighted by Gasteiger charge is -2.15. The van der Waals surface area contributed by atoms with Crippen LogP contribution >= 0.6 is 23.8 Å². The van der Waals surface area contributed by atoms with Gasteiger partial charge in [-0.2, -0.15) is 0 Å². The zero-order chi connectivity index (χ0) is 24.7. The number of halogens is 1. The Morgan fingerprint density at radius 1 is 0.882 bits per heavy atom. The zero-order valence-electron chi connectivity index (χ0n) is 19.4. The first-order chi connectivity index (χ1) is 16.2. The van der Waals surface area contributed by atoms with Gasteiger partial charge in [0.25, 0.3) is 5.91 Å². The minimum absolute atomic E-state index is 0.167. The first kappa shape index (κ1) is 25.4. The molecule has 0 heterocycles. The molecule has 0 fully saturated rings. The number of anilines is 2. The molecule has 0 bridgehead atoms. The molecule has 0 saturated heterocycles. The molecule has 0 aliphatic carbocycles. The molecule has 3 aromatic rings. The quantitative estimate of drug-likeness (QED) is 0.333. The van der Waals surface area contributed by atoms with Crippen LogP contribution in [0.1, 0.15) is 48.2 Å². The maximum Gasteiger partial charge on any atom is 0.255 e. The number of hydrogen-bond donors (Lipinski definition) is 3. The van der Waals surface area contributed by atoms with E-state index >= 15 is 0 Å². The van der Waals surface area contributed by atoms with E-state index in [2.05, 4.69) is 41.9 Å². The number of carbonyl (C=O) groups is 2. The highest BCUT2D eigenvalue weighted by Crippen LogP contribution is 2.19.